The van der Waals surface area contributed by atoms with Crippen molar-refractivity contribution >= 4 is 35.3 Å². The number of benzene rings is 1. The predicted molar refractivity (Wildman–Crippen MR) is 145 cm³/mol. The van der Waals surface area contributed by atoms with Crippen LogP contribution < -0.4 is 10.1 Å². The van der Waals surface area contributed by atoms with E-state index in [1.807, 2.05) is 24.8 Å². The van der Waals surface area contributed by atoms with Crippen molar-refractivity contribution in [2.75, 3.05) is 44.6 Å². The van der Waals surface area contributed by atoms with Crippen LogP contribution in [0.3, 0.4) is 0 Å². The van der Waals surface area contributed by atoms with Gasteiger partial charge in [0.15, 0.2) is 5.75 Å². The lowest BCUT2D eigenvalue weighted by atomic mass is 9.78. The Labute approximate surface area is 241 Å². The van der Waals surface area contributed by atoms with Gasteiger partial charge in [-0.3, -0.25) is 14.3 Å². The highest BCUT2D eigenvalue weighted by Crippen LogP contribution is 2.39. The van der Waals surface area contributed by atoms with E-state index in [1.165, 1.54) is 23.1 Å². The molecular formula is C27H34ClF2N5O6. The number of anilines is 1. The molecule has 2 aliphatic rings. The highest BCUT2D eigenvalue weighted by molar-refractivity contribution is 6.30. The number of amides is 2. The third-order valence-corrected chi connectivity index (χ3v) is 7.91. The first-order chi connectivity index (χ1) is 19.4. The Morgan fingerprint density at radius 2 is 1.85 bits per heavy atom. The van der Waals surface area contributed by atoms with Gasteiger partial charge in [-0.15, -0.1) is 0 Å². The number of alkyl halides is 2. The number of likely N-dealkylation sites (tertiary alicyclic amines) is 2. The summed E-state index contributed by atoms with van der Waals surface area (Å²) in [6, 6.07) is 5.89. The van der Waals surface area contributed by atoms with Crippen LogP contribution in [0, 0.1) is 5.41 Å². The van der Waals surface area contributed by atoms with Gasteiger partial charge in [0, 0.05) is 55.7 Å². The molecule has 224 valence electrons. The van der Waals surface area contributed by atoms with Gasteiger partial charge < -0.3 is 29.7 Å². The van der Waals surface area contributed by atoms with E-state index in [-0.39, 0.29) is 61.5 Å². The van der Waals surface area contributed by atoms with Crippen LogP contribution in [0.1, 0.15) is 45.2 Å². The molecule has 2 N–H and O–H groups in total. The van der Waals surface area contributed by atoms with Crippen LogP contribution in [-0.2, 0) is 19.9 Å². The summed E-state index contributed by atoms with van der Waals surface area (Å²) in [5, 5.41) is 17.4. The van der Waals surface area contributed by atoms with E-state index in [9.17, 15) is 28.3 Å². The van der Waals surface area contributed by atoms with Crippen molar-refractivity contribution in [3.8, 4) is 5.75 Å². The number of carboxylic acid groups (broad SMARTS) is 1. The van der Waals surface area contributed by atoms with Crippen molar-refractivity contribution in [1.82, 2.24) is 19.6 Å². The molecule has 0 bridgehead atoms. The van der Waals surface area contributed by atoms with E-state index in [1.54, 1.807) is 17.8 Å². The number of aliphatic carboxylic acids is 1. The van der Waals surface area contributed by atoms with Gasteiger partial charge >= 0.3 is 18.7 Å². The summed E-state index contributed by atoms with van der Waals surface area (Å²) in [6.45, 7) is 3.69. The fraction of sp³-hybridized carbons (Fsp3) is 0.556. The lowest BCUT2D eigenvalue weighted by molar-refractivity contribution is -0.161. The number of aromatic nitrogens is 2. The Morgan fingerprint density at radius 1 is 1.17 bits per heavy atom. The highest BCUT2D eigenvalue weighted by Gasteiger charge is 2.54. The van der Waals surface area contributed by atoms with E-state index < -0.39 is 35.5 Å². The minimum Gasteiger partial charge on any atom is -0.481 e. The number of piperidine rings is 1. The molecule has 2 saturated heterocycles. The zero-order valence-electron chi connectivity index (χ0n) is 23.1. The van der Waals surface area contributed by atoms with Crippen molar-refractivity contribution in [2.24, 2.45) is 5.41 Å². The third kappa shape index (κ3) is 6.25. The standard InChI is InChI=1S/C27H34ClF2N5O6/c1-4-40-25(39)34-15-26(16-34,23(37)38)14-33-11-8-27(9-12-33,35-20(17(2)3)7-10-31-35)22(36)32-19-6-5-18(28)13-21(19)41-24(29)30/h5-7,10,13,17,24H,4,8-9,11-12,14-16H2,1-3H3,(H,32,36)(H,37,38). The van der Waals surface area contributed by atoms with Gasteiger partial charge in [0.1, 0.15) is 11.0 Å². The monoisotopic (exact) mass is 597 g/mol. The SMILES string of the molecule is CCOC(=O)N1CC(CN2CCC(C(=O)Nc3ccc(Cl)cc3OC(F)F)(n3nccc3C(C)C)CC2)(C(=O)O)C1. The summed E-state index contributed by atoms with van der Waals surface area (Å²) in [7, 11) is 0. The molecule has 0 radical (unpaired) electrons. The highest BCUT2D eigenvalue weighted by atomic mass is 35.5. The Kier molecular flexibility index (Phi) is 9.07. The van der Waals surface area contributed by atoms with Gasteiger partial charge in [0.25, 0.3) is 5.91 Å². The lowest BCUT2D eigenvalue weighted by Crippen LogP contribution is -2.67. The molecule has 1 aromatic heterocycles. The molecule has 3 heterocycles. The minimum absolute atomic E-state index is 0.0312. The molecule has 0 unspecified atom stereocenters. The van der Waals surface area contributed by atoms with Crippen molar-refractivity contribution in [3.63, 3.8) is 0 Å². The maximum absolute atomic E-state index is 14.0. The van der Waals surface area contributed by atoms with Gasteiger partial charge in [-0.05, 0) is 43.9 Å². The first-order valence-corrected chi connectivity index (χ1v) is 13.8. The number of nitrogens with zero attached hydrogens (tertiary/aromatic N) is 4. The van der Waals surface area contributed by atoms with Crippen molar-refractivity contribution < 1.29 is 37.7 Å². The molecule has 0 aliphatic carbocycles. The summed E-state index contributed by atoms with van der Waals surface area (Å²) in [4.78, 5) is 41.6. The van der Waals surface area contributed by atoms with E-state index in [4.69, 9.17) is 16.3 Å². The Bertz CT molecular complexity index is 1270. The number of carbonyl (C=O) groups is 3. The van der Waals surface area contributed by atoms with Crippen LogP contribution in [-0.4, -0.2) is 88.6 Å². The molecule has 41 heavy (non-hydrogen) atoms. The summed E-state index contributed by atoms with van der Waals surface area (Å²) >= 11 is 5.97. The van der Waals surface area contributed by atoms with Gasteiger partial charge in [-0.25, -0.2) is 4.79 Å². The largest absolute Gasteiger partial charge is 0.481 e. The van der Waals surface area contributed by atoms with Crippen molar-refractivity contribution in [1.29, 1.82) is 0 Å². The number of halogens is 3. The molecule has 14 heteroatoms. The first kappa shape index (κ1) is 30.5. The average Bonchev–Trinajstić information content (AvgIpc) is 3.38. The molecule has 0 spiro atoms. The summed E-state index contributed by atoms with van der Waals surface area (Å²) < 4.78 is 37.4. The Hall–Kier alpha value is -3.45. The Balaban J connectivity index is 1.57. The number of hydrogen-bond acceptors (Lipinski definition) is 7. The number of carboxylic acids is 1. The number of rotatable bonds is 10. The summed E-state index contributed by atoms with van der Waals surface area (Å²) in [6.07, 6.45) is 1.62. The van der Waals surface area contributed by atoms with Crippen LogP contribution in [0.4, 0.5) is 19.3 Å². The number of ether oxygens (including phenoxy) is 2. The van der Waals surface area contributed by atoms with Crippen LogP contribution in [0.2, 0.25) is 5.02 Å². The molecule has 2 fully saturated rings. The van der Waals surface area contributed by atoms with E-state index in [0.29, 0.717) is 13.1 Å². The third-order valence-electron chi connectivity index (χ3n) is 7.68. The van der Waals surface area contributed by atoms with Gasteiger partial charge in [-0.2, -0.15) is 13.9 Å². The van der Waals surface area contributed by atoms with Crippen LogP contribution in [0.25, 0.3) is 0 Å². The summed E-state index contributed by atoms with van der Waals surface area (Å²) in [5.74, 6) is -1.70. The Morgan fingerprint density at radius 3 is 2.44 bits per heavy atom. The fourth-order valence-electron chi connectivity index (χ4n) is 5.52. The normalized spacial score (nSPS) is 18.2. The van der Waals surface area contributed by atoms with E-state index >= 15 is 0 Å². The zero-order valence-corrected chi connectivity index (χ0v) is 23.9. The van der Waals surface area contributed by atoms with Gasteiger partial charge in [0.05, 0.1) is 12.3 Å². The smallest absolute Gasteiger partial charge is 0.409 e. The van der Waals surface area contributed by atoms with Crippen LogP contribution >= 0.6 is 11.6 Å². The molecule has 4 rings (SSSR count). The maximum atomic E-state index is 14.0. The molecular weight excluding hydrogens is 564 g/mol. The molecule has 2 amide bonds. The maximum Gasteiger partial charge on any atom is 0.409 e. The average molecular weight is 598 g/mol. The van der Waals surface area contributed by atoms with E-state index in [2.05, 4.69) is 15.2 Å². The van der Waals surface area contributed by atoms with Crippen LogP contribution in [0.15, 0.2) is 30.5 Å². The predicted octanol–water partition coefficient (Wildman–Crippen LogP) is 4.23. The lowest BCUT2D eigenvalue weighted by Gasteiger charge is -2.50. The quantitative estimate of drug-likeness (QED) is 0.417. The summed E-state index contributed by atoms with van der Waals surface area (Å²) in [5.41, 5.74) is -1.47. The van der Waals surface area contributed by atoms with Crippen molar-refractivity contribution in [3.05, 3.63) is 41.2 Å². The minimum atomic E-state index is -3.12. The fourth-order valence-corrected chi connectivity index (χ4v) is 5.68. The van der Waals surface area contributed by atoms with Crippen molar-refractivity contribution in [2.45, 2.75) is 51.7 Å². The van der Waals surface area contributed by atoms with E-state index in [0.717, 1.165) is 5.69 Å². The van der Waals surface area contributed by atoms with Crippen LogP contribution in [0.5, 0.6) is 5.75 Å². The van der Waals surface area contributed by atoms with Gasteiger partial charge in [-0.1, -0.05) is 25.4 Å². The number of carbonyl (C=O) groups excluding carboxylic acids is 2. The molecule has 0 saturated carbocycles. The second kappa shape index (κ2) is 12.2. The molecule has 1 aromatic carbocycles. The molecule has 0 atom stereocenters. The molecule has 2 aromatic rings. The molecule has 11 nitrogen and oxygen atoms in total. The molecule has 2 aliphatic heterocycles. The number of hydrogen-bond donors (Lipinski definition) is 2. The first-order valence-electron chi connectivity index (χ1n) is 13.4. The number of nitrogens with one attached hydrogen (secondary N) is 1. The second-order valence-corrected chi connectivity index (χ2v) is 11.2. The zero-order chi connectivity index (χ0) is 29.9. The topological polar surface area (TPSA) is 126 Å². The van der Waals surface area contributed by atoms with Gasteiger partial charge in [0.2, 0.25) is 0 Å². The second-order valence-electron chi connectivity index (χ2n) is 10.7.